The van der Waals surface area contributed by atoms with E-state index in [4.69, 9.17) is 9.47 Å². The van der Waals surface area contributed by atoms with Gasteiger partial charge < -0.3 is 29.9 Å². The van der Waals surface area contributed by atoms with Crippen molar-refractivity contribution in [1.82, 2.24) is 20.4 Å². The molecule has 7 aromatic carbocycles. The van der Waals surface area contributed by atoms with E-state index in [1.165, 1.54) is 22.3 Å². The molecule has 0 spiro atoms. The molecular formula is C64H66N4O4. The number of ether oxygens (including phenoxy) is 2. The lowest BCUT2D eigenvalue weighted by Gasteiger charge is -2.39. The first-order valence-corrected chi connectivity index (χ1v) is 26.3. The second-order valence-corrected chi connectivity index (χ2v) is 20.4. The number of benzene rings is 7. The van der Waals surface area contributed by atoms with Gasteiger partial charge in [-0.05, 0) is 118 Å². The number of hydrogen-bond acceptors (Lipinski definition) is 6. The molecule has 2 fully saturated rings. The molecule has 2 amide bonds. The van der Waals surface area contributed by atoms with Gasteiger partial charge in [0.15, 0.2) is 0 Å². The fourth-order valence-electron chi connectivity index (χ4n) is 12.5. The van der Waals surface area contributed by atoms with E-state index < -0.39 is 10.8 Å². The summed E-state index contributed by atoms with van der Waals surface area (Å²) in [6.45, 7) is 7.71. The number of nitrogens with zero attached hydrogens (tertiary/aromatic N) is 2. The van der Waals surface area contributed by atoms with Crippen LogP contribution in [-0.4, -0.2) is 74.1 Å². The molecule has 2 N–H and O–H groups in total. The van der Waals surface area contributed by atoms with E-state index in [0.717, 1.165) is 136 Å². The van der Waals surface area contributed by atoms with Gasteiger partial charge in [-0.25, -0.2) is 0 Å². The first-order valence-electron chi connectivity index (χ1n) is 26.3. The van der Waals surface area contributed by atoms with Crippen molar-refractivity contribution in [3.8, 4) is 11.5 Å². The molecule has 1 unspecified atom stereocenters. The van der Waals surface area contributed by atoms with Crippen LogP contribution in [0.15, 0.2) is 182 Å². The number of nitrogens with one attached hydrogen (secondary N) is 2. The monoisotopic (exact) mass is 955 g/mol. The van der Waals surface area contributed by atoms with Crippen molar-refractivity contribution >= 4 is 11.8 Å². The summed E-state index contributed by atoms with van der Waals surface area (Å²) in [4.78, 5) is 35.6. The van der Waals surface area contributed by atoms with E-state index in [-0.39, 0.29) is 23.7 Å². The highest BCUT2D eigenvalue weighted by Gasteiger charge is 2.52. The Balaban J connectivity index is 0.786. The number of carbonyl (C=O) groups excluding carboxylic acids is 2. The highest BCUT2D eigenvalue weighted by Crippen LogP contribution is 2.46. The normalized spacial score (nSPS) is 17.7. The van der Waals surface area contributed by atoms with E-state index in [1.54, 1.807) is 0 Å². The summed E-state index contributed by atoms with van der Waals surface area (Å²) in [6.07, 6.45) is 5.70. The third kappa shape index (κ3) is 9.58. The number of amides is 2. The number of hydrogen-bond donors (Lipinski definition) is 2. The maximum atomic E-state index is 15.3. The maximum absolute atomic E-state index is 15.3. The van der Waals surface area contributed by atoms with Gasteiger partial charge in [-0.2, -0.15) is 0 Å². The molecule has 4 heterocycles. The average molecular weight is 955 g/mol. The van der Waals surface area contributed by atoms with Crippen LogP contribution in [0.5, 0.6) is 11.5 Å². The van der Waals surface area contributed by atoms with Crippen LogP contribution in [0, 0.1) is 11.8 Å². The Bertz CT molecular complexity index is 2670. The molecule has 4 aliphatic rings. The molecule has 2 atom stereocenters. The van der Waals surface area contributed by atoms with Crippen LogP contribution in [0.2, 0.25) is 0 Å². The second kappa shape index (κ2) is 21.4. The van der Waals surface area contributed by atoms with Crippen molar-refractivity contribution in [2.75, 3.05) is 52.5 Å². The molecule has 72 heavy (non-hydrogen) atoms. The highest BCUT2D eigenvalue weighted by atomic mass is 16.5. The van der Waals surface area contributed by atoms with Crippen LogP contribution in [0.1, 0.15) is 68.5 Å². The Labute approximate surface area is 425 Å². The summed E-state index contributed by atoms with van der Waals surface area (Å²) in [5.74, 6) is 2.21. The summed E-state index contributed by atoms with van der Waals surface area (Å²) in [5.41, 5.74) is 9.59. The van der Waals surface area contributed by atoms with Crippen LogP contribution in [0.4, 0.5) is 0 Å². The van der Waals surface area contributed by atoms with Gasteiger partial charge in [0.25, 0.3) is 0 Å². The van der Waals surface area contributed by atoms with E-state index in [1.807, 2.05) is 24.3 Å². The number of likely N-dealkylation sites (tertiary alicyclic amines) is 2. The summed E-state index contributed by atoms with van der Waals surface area (Å²) in [5, 5.41) is 6.90. The minimum absolute atomic E-state index is 0.0173. The first kappa shape index (κ1) is 47.3. The molecule has 0 bridgehead atoms. The van der Waals surface area contributed by atoms with Gasteiger partial charge in [0.1, 0.15) is 22.3 Å². The molecule has 4 aliphatic heterocycles. The molecule has 0 aromatic heterocycles. The molecule has 11 rings (SSSR count). The van der Waals surface area contributed by atoms with Gasteiger partial charge in [0.05, 0.1) is 13.2 Å². The minimum Gasteiger partial charge on any atom is -0.493 e. The van der Waals surface area contributed by atoms with Gasteiger partial charge in [-0.1, -0.05) is 170 Å². The lowest BCUT2D eigenvalue weighted by molar-refractivity contribution is -0.128. The molecule has 366 valence electrons. The van der Waals surface area contributed by atoms with Crippen LogP contribution >= 0.6 is 0 Å². The summed E-state index contributed by atoms with van der Waals surface area (Å²) < 4.78 is 11.5. The van der Waals surface area contributed by atoms with Crippen molar-refractivity contribution < 1.29 is 19.1 Å². The van der Waals surface area contributed by atoms with Gasteiger partial charge in [-0.15, -0.1) is 0 Å². The van der Waals surface area contributed by atoms with Crippen molar-refractivity contribution in [3.63, 3.8) is 0 Å². The minimum atomic E-state index is -0.884. The molecule has 7 aromatic rings. The molecule has 0 aliphatic carbocycles. The van der Waals surface area contributed by atoms with Crippen molar-refractivity contribution in [1.29, 1.82) is 0 Å². The Morgan fingerprint density at radius 3 is 1.17 bits per heavy atom. The van der Waals surface area contributed by atoms with Crippen LogP contribution < -0.4 is 20.1 Å². The zero-order chi connectivity index (χ0) is 48.7. The largest absolute Gasteiger partial charge is 0.493 e. The Kier molecular flexibility index (Phi) is 14.1. The van der Waals surface area contributed by atoms with Crippen LogP contribution in [0.25, 0.3) is 0 Å². The van der Waals surface area contributed by atoms with Crippen LogP contribution in [-0.2, 0) is 59.2 Å². The zero-order valence-corrected chi connectivity index (χ0v) is 41.3. The van der Waals surface area contributed by atoms with E-state index >= 15 is 9.59 Å². The summed E-state index contributed by atoms with van der Waals surface area (Å²) in [7, 11) is 0. The SMILES string of the molecule is O=C(NCc1ccc(CNC(=O)C(c2ccccc2)(c2ccccc2)[C@@H]2CCN(CCc3ccc4c(c3)CCO4)C2)cc1)C(c1ccccc1)(c1ccccc1)C1CCN(CCc2ccc3c(c2)CCO3)C1. The lowest BCUT2D eigenvalue weighted by Crippen LogP contribution is -2.51. The Morgan fingerprint density at radius 2 is 0.806 bits per heavy atom. The summed E-state index contributed by atoms with van der Waals surface area (Å²) >= 11 is 0. The highest BCUT2D eigenvalue weighted by molar-refractivity contribution is 5.93. The molecule has 8 heteroatoms. The van der Waals surface area contributed by atoms with E-state index in [9.17, 15) is 0 Å². The lowest BCUT2D eigenvalue weighted by atomic mass is 9.64. The van der Waals surface area contributed by atoms with Crippen molar-refractivity contribution in [2.45, 2.75) is 62.4 Å². The predicted molar refractivity (Wildman–Crippen MR) is 285 cm³/mol. The zero-order valence-electron chi connectivity index (χ0n) is 41.3. The smallest absolute Gasteiger partial charge is 0.235 e. The van der Waals surface area contributed by atoms with Gasteiger partial charge in [0, 0.05) is 52.1 Å². The molecule has 0 saturated carbocycles. The average Bonchev–Trinajstić information content (AvgIpc) is 4.30. The standard InChI is InChI=1S/C64H66N4O4/c69-61(63(53-13-5-1-6-14-53,54-15-7-2-8-16-54)57-31-37-67(45-57)35-29-47-25-27-59-51(41-47)33-39-71-59)65-43-49-21-23-50(24-22-49)44-66-62(70)64(55-17-9-3-10-18-55,56-19-11-4-12-20-56)58-32-38-68(46-58)36-30-48-26-28-60-52(42-48)34-40-72-60/h1-28,41-42,57-58H,29-40,43-46H2,(H,65,69)(H,66,70)/t57-,58?/m1/s1. The fraction of sp³-hybridized carbons (Fsp3) is 0.312. The van der Waals surface area contributed by atoms with Crippen molar-refractivity contribution in [2.24, 2.45) is 11.8 Å². The third-order valence-electron chi connectivity index (χ3n) is 16.3. The second-order valence-electron chi connectivity index (χ2n) is 20.4. The molecule has 0 radical (unpaired) electrons. The van der Waals surface area contributed by atoms with E-state index in [2.05, 4.69) is 178 Å². The van der Waals surface area contributed by atoms with Gasteiger partial charge in [-0.3, -0.25) is 9.59 Å². The number of rotatable bonds is 18. The number of carbonyl (C=O) groups is 2. The Hall–Kier alpha value is -7.00. The quantitative estimate of drug-likeness (QED) is 0.0892. The molecule has 8 nitrogen and oxygen atoms in total. The van der Waals surface area contributed by atoms with Gasteiger partial charge in [0.2, 0.25) is 11.8 Å². The predicted octanol–water partition coefficient (Wildman–Crippen LogP) is 9.89. The molecular weight excluding hydrogens is 889 g/mol. The topological polar surface area (TPSA) is 83.1 Å². The van der Waals surface area contributed by atoms with Crippen molar-refractivity contribution in [3.05, 3.63) is 238 Å². The maximum Gasteiger partial charge on any atom is 0.235 e. The third-order valence-corrected chi connectivity index (χ3v) is 16.3. The fourth-order valence-corrected chi connectivity index (χ4v) is 12.5. The van der Waals surface area contributed by atoms with Gasteiger partial charge >= 0.3 is 0 Å². The first-order chi connectivity index (χ1) is 35.5. The van der Waals surface area contributed by atoms with E-state index in [0.29, 0.717) is 13.1 Å². The van der Waals surface area contributed by atoms with Crippen LogP contribution in [0.3, 0.4) is 0 Å². The Morgan fingerprint density at radius 1 is 0.458 bits per heavy atom. The molecule has 2 saturated heterocycles. The summed E-state index contributed by atoms with van der Waals surface area (Å²) in [6, 6.07) is 63.2. The number of fused-ring (bicyclic) bond motifs is 2.